The fourth-order valence-corrected chi connectivity index (χ4v) is 4.87. The molecule has 3 atom stereocenters. The predicted octanol–water partition coefficient (Wildman–Crippen LogP) is 3.73. The summed E-state index contributed by atoms with van der Waals surface area (Å²) in [6.07, 6.45) is 3.56. The van der Waals surface area contributed by atoms with Crippen molar-refractivity contribution in [2.24, 2.45) is 11.8 Å². The number of hydrogen-bond donors (Lipinski definition) is 3. The van der Waals surface area contributed by atoms with Crippen molar-refractivity contribution in [3.63, 3.8) is 0 Å². The molecule has 0 spiro atoms. The second-order valence-electron chi connectivity index (χ2n) is 8.87. The first-order valence-corrected chi connectivity index (χ1v) is 11.5. The summed E-state index contributed by atoms with van der Waals surface area (Å²) in [5.74, 6) is 1.34. The zero-order chi connectivity index (χ0) is 22.3. The van der Waals surface area contributed by atoms with Gasteiger partial charge >= 0.3 is 0 Å². The summed E-state index contributed by atoms with van der Waals surface area (Å²) in [7, 11) is 1.68. The summed E-state index contributed by atoms with van der Waals surface area (Å²) in [5, 5.41) is 2.70. The number of ether oxygens (including phenoxy) is 1. The molecule has 2 aliphatic rings. The van der Waals surface area contributed by atoms with Crippen LogP contribution in [-0.2, 0) is 4.79 Å². The molecule has 7 heteroatoms. The van der Waals surface area contributed by atoms with E-state index in [1.165, 1.54) is 11.6 Å². The number of likely N-dealkylation sites (tertiary alicyclic amines) is 1. The lowest BCUT2D eigenvalue weighted by molar-refractivity contribution is -0.116. The van der Waals surface area contributed by atoms with Gasteiger partial charge in [-0.3, -0.25) is 10.2 Å². The molecule has 172 valence electrons. The van der Waals surface area contributed by atoms with E-state index in [4.69, 9.17) is 4.74 Å². The second-order valence-corrected chi connectivity index (χ2v) is 8.87. The van der Waals surface area contributed by atoms with Gasteiger partial charge in [0.25, 0.3) is 0 Å². The number of nitrogens with zero attached hydrogens (tertiary/aromatic N) is 1. The van der Waals surface area contributed by atoms with Gasteiger partial charge in [-0.25, -0.2) is 9.82 Å². The highest BCUT2D eigenvalue weighted by molar-refractivity contribution is 5.90. The summed E-state index contributed by atoms with van der Waals surface area (Å²) >= 11 is 0. The quantitative estimate of drug-likeness (QED) is 0.584. The molecule has 2 saturated heterocycles. The van der Waals surface area contributed by atoms with Gasteiger partial charge in [0, 0.05) is 32.0 Å². The lowest BCUT2D eigenvalue weighted by atomic mass is 9.90. The van der Waals surface area contributed by atoms with Crippen LogP contribution >= 0.6 is 0 Å². The maximum atomic E-state index is 13.7. The lowest BCUT2D eigenvalue weighted by Crippen LogP contribution is -2.40. The minimum absolute atomic E-state index is 0.115. The van der Waals surface area contributed by atoms with Crippen LogP contribution < -0.4 is 20.9 Å². The van der Waals surface area contributed by atoms with Crippen LogP contribution in [0.3, 0.4) is 0 Å². The third-order valence-corrected chi connectivity index (χ3v) is 6.59. The molecule has 2 aromatic carbocycles. The molecular weight excluding hydrogens is 407 g/mol. The van der Waals surface area contributed by atoms with Gasteiger partial charge in [0.15, 0.2) is 0 Å². The van der Waals surface area contributed by atoms with Crippen LogP contribution in [0, 0.1) is 17.7 Å². The van der Waals surface area contributed by atoms with E-state index in [-0.39, 0.29) is 17.6 Å². The molecule has 6 nitrogen and oxygen atoms in total. The molecule has 2 heterocycles. The van der Waals surface area contributed by atoms with Crippen molar-refractivity contribution in [2.45, 2.75) is 31.7 Å². The molecule has 0 bridgehead atoms. The lowest BCUT2D eigenvalue weighted by Gasteiger charge is -2.35. The summed E-state index contributed by atoms with van der Waals surface area (Å²) in [6, 6.07) is 14.9. The number of piperidine rings is 1. The minimum Gasteiger partial charge on any atom is -0.497 e. The number of halogens is 1. The molecule has 0 aliphatic carbocycles. The molecule has 3 N–H and O–H groups in total. The Morgan fingerprint density at radius 3 is 2.81 bits per heavy atom. The monoisotopic (exact) mass is 440 g/mol. The number of carbonyl (C=O) groups excluding carboxylic acids is 1. The molecule has 32 heavy (non-hydrogen) atoms. The fraction of sp³-hybridized carbons (Fsp3) is 0.480. The van der Waals surface area contributed by atoms with Crippen LogP contribution in [0.4, 0.5) is 10.1 Å². The van der Waals surface area contributed by atoms with Crippen LogP contribution in [0.2, 0.25) is 0 Å². The highest BCUT2D eigenvalue weighted by Gasteiger charge is 2.31. The summed E-state index contributed by atoms with van der Waals surface area (Å²) in [4.78, 5) is 14.8. The molecule has 2 aliphatic heterocycles. The maximum absolute atomic E-state index is 13.7. The molecule has 2 fully saturated rings. The van der Waals surface area contributed by atoms with E-state index in [9.17, 15) is 9.18 Å². The van der Waals surface area contributed by atoms with Crippen LogP contribution in [-0.4, -0.2) is 44.1 Å². The van der Waals surface area contributed by atoms with E-state index in [0.717, 1.165) is 51.2 Å². The van der Waals surface area contributed by atoms with Crippen LogP contribution in [0.25, 0.3) is 0 Å². The first kappa shape index (κ1) is 22.7. The van der Waals surface area contributed by atoms with E-state index in [1.54, 1.807) is 25.3 Å². The molecule has 4 rings (SSSR count). The Kier molecular flexibility index (Phi) is 7.73. The van der Waals surface area contributed by atoms with Gasteiger partial charge in [-0.2, -0.15) is 0 Å². The Bertz CT molecular complexity index is 892. The number of rotatable bonds is 8. The first-order chi connectivity index (χ1) is 15.6. The third-order valence-electron chi connectivity index (χ3n) is 6.59. The number of hydrogen-bond acceptors (Lipinski definition) is 5. The zero-order valence-electron chi connectivity index (χ0n) is 18.6. The van der Waals surface area contributed by atoms with Crippen molar-refractivity contribution in [1.82, 2.24) is 15.8 Å². The van der Waals surface area contributed by atoms with Crippen molar-refractivity contribution in [2.75, 3.05) is 38.6 Å². The van der Waals surface area contributed by atoms with E-state index in [1.807, 2.05) is 12.1 Å². The Hall–Kier alpha value is -2.48. The van der Waals surface area contributed by atoms with Crippen molar-refractivity contribution in [3.05, 3.63) is 59.9 Å². The van der Waals surface area contributed by atoms with Crippen molar-refractivity contribution < 1.29 is 13.9 Å². The number of methoxy groups -OCH3 is 1. The number of carbonyl (C=O) groups is 1. The van der Waals surface area contributed by atoms with E-state index in [0.29, 0.717) is 18.3 Å². The van der Waals surface area contributed by atoms with E-state index >= 15 is 0 Å². The molecule has 0 aromatic heterocycles. The van der Waals surface area contributed by atoms with Crippen molar-refractivity contribution in [1.29, 1.82) is 0 Å². The Morgan fingerprint density at radius 2 is 2.03 bits per heavy atom. The molecule has 1 amide bonds. The van der Waals surface area contributed by atoms with Gasteiger partial charge in [-0.05, 0) is 61.6 Å². The normalized spacial score (nSPS) is 23.8. The summed E-state index contributed by atoms with van der Waals surface area (Å²) in [6.45, 7) is 4.07. The molecule has 0 saturated carbocycles. The van der Waals surface area contributed by atoms with E-state index in [2.05, 4.69) is 33.2 Å². The highest BCUT2D eigenvalue weighted by atomic mass is 19.1. The number of para-hydroxylation sites is 1. The Labute approximate surface area is 189 Å². The zero-order valence-corrected chi connectivity index (χ0v) is 18.6. The SMILES string of the molecule is COc1ccc(C2NNCC2CN2CCCC(CCC(=O)Nc3ccccc3F)C2)cc1. The minimum atomic E-state index is -0.394. The van der Waals surface area contributed by atoms with Gasteiger partial charge in [-0.1, -0.05) is 24.3 Å². The van der Waals surface area contributed by atoms with Gasteiger partial charge < -0.3 is 15.0 Å². The van der Waals surface area contributed by atoms with E-state index < -0.39 is 5.82 Å². The van der Waals surface area contributed by atoms with Crippen LogP contribution in [0.5, 0.6) is 5.75 Å². The van der Waals surface area contributed by atoms with Gasteiger partial charge in [0.05, 0.1) is 18.8 Å². The highest BCUT2D eigenvalue weighted by Crippen LogP contribution is 2.29. The average molecular weight is 441 g/mol. The predicted molar refractivity (Wildman–Crippen MR) is 124 cm³/mol. The van der Waals surface area contributed by atoms with Gasteiger partial charge in [0.2, 0.25) is 5.91 Å². The average Bonchev–Trinajstić information content (AvgIpc) is 3.27. The summed E-state index contributed by atoms with van der Waals surface area (Å²) < 4.78 is 19.0. The fourth-order valence-electron chi connectivity index (χ4n) is 4.87. The maximum Gasteiger partial charge on any atom is 0.224 e. The second kappa shape index (κ2) is 10.9. The number of hydrazine groups is 1. The Morgan fingerprint density at radius 1 is 1.22 bits per heavy atom. The van der Waals surface area contributed by atoms with Crippen LogP contribution in [0.15, 0.2) is 48.5 Å². The number of anilines is 1. The Balaban J connectivity index is 1.26. The number of amides is 1. The third kappa shape index (κ3) is 5.85. The largest absolute Gasteiger partial charge is 0.497 e. The molecule has 2 aromatic rings. The van der Waals surface area contributed by atoms with Crippen LogP contribution in [0.1, 0.15) is 37.3 Å². The first-order valence-electron chi connectivity index (χ1n) is 11.5. The standard InChI is InChI=1S/C25H33FN4O2/c1-32-21-11-9-19(10-12-21)25-20(15-27-29-25)17-30-14-4-5-18(16-30)8-13-24(31)28-23-7-3-2-6-22(23)26/h2-3,6-7,9-12,18,20,25,27,29H,4-5,8,13-17H2,1H3,(H,28,31). The number of benzene rings is 2. The molecule has 3 unspecified atom stereocenters. The summed E-state index contributed by atoms with van der Waals surface area (Å²) in [5.41, 5.74) is 8.28. The molecular formula is C25H33FN4O2. The molecule has 0 radical (unpaired) electrons. The van der Waals surface area contributed by atoms with Gasteiger partial charge in [0.1, 0.15) is 11.6 Å². The van der Waals surface area contributed by atoms with Crippen molar-refractivity contribution in [3.8, 4) is 5.75 Å². The number of nitrogens with one attached hydrogen (secondary N) is 3. The van der Waals surface area contributed by atoms with Gasteiger partial charge in [-0.15, -0.1) is 0 Å². The van der Waals surface area contributed by atoms with Crippen molar-refractivity contribution >= 4 is 11.6 Å². The smallest absolute Gasteiger partial charge is 0.224 e. The topological polar surface area (TPSA) is 65.6 Å².